The third kappa shape index (κ3) is 1.30. The van der Waals surface area contributed by atoms with E-state index in [1.807, 2.05) is 0 Å². The van der Waals surface area contributed by atoms with Crippen LogP contribution in [0.25, 0.3) is 0 Å². The molecule has 2 bridgehead atoms. The highest BCUT2D eigenvalue weighted by atomic mass is 16.6. The molecule has 4 nitrogen and oxygen atoms in total. The van der Waals surface area contributed by atoms with Crippen LogP contribution in [0.3, 0.4) is 0 Å². The van der Waals surface area contributed by atoms with E-state index in [0.717, 1.165) is 6.42 Å². The topological polar surface area (TPSA) is 52.6 Å². The molecule has 72 valence electrons. The zero-order valence-corrected chi connectivity index (χ0v) is 7.49. The summed E-state index contributed by atoms with van der Waals surface area (Å²) in [5, 5.41) is 0. The van der Waals surface area contributed by atoms with Crippen LogP contribution in [-0.2, 0) is 19.1 Å². The van der Waals surface area contributed by atoms with Crippen molar-refractivity contribution in [3.8, 4) is 0 Å². The molecule has 2 rings (SSSR count). The molecule has 0 aromatic carbocycles. The van der Waals surface area contributed by atoms with Crippen molar-refractivity contribution in [3.63, 3.8) is 0 Å². The first-order valence-electron chi connectivity index (χ1n) is 4.50. The fourth-order valence-electron chi connectivity index (χ4n) is 2.18. The minimum atomic E-state index is -0.276. The van der Waals surface area contributed by atoms with Crippen LogP contribution in [0.1, 0.15) is 19.3 Å². The van der Waals surface area contributed by atoms with Gasteiger partial charge in [0.1, 0.15) is 6.10 Å². The lowest BCUT2D eigenvalue weighted by molar-refractivity contribution is -0.153. The van der Waals surface area contributed by atoms with Gasteiger partial charge in [0.2, 0.25) is 0 Å². The van der Waals surface area contributed by atoms with Crippen LogP contribution in [0.2, 0.25) is 0 Å². The molecule has 2 fully saturated rings. The lowest BCUT2D eigenvalue weighted by atomic mass is 9.80. The van der Waals surface area contributed by atoms with Crippen molar-refractivity contribution in [1.29, 1.82) is 0 Å². The van der Waals surface area contributed by atoms with Crippen LogP contribution in [0.5, 0.6) is 0 Å². The van der Waals surface area contributed by atoms with E-state index in [-0.39, 0.29) is 29.9 Å². The Morgan fingerprint density at radius 3 is 3.00 bits per heavy atom. The predicted molar refractivity (Wildman–Crippen MR) is 42.7 cm³/mol. The highest BCUT2D eigenvalue weighted by Crippen LogP contribution is 2.38. The number of ether oxygens (including phenoxy) is 2. The van der Waals surface area contributed by atoms with Gasteiger partial charge in [-0.3, -0.25) is 9.59 Å². The second-order valence-electron chi connectivity index (χ2n) is 3.61. The molecule has 1 saturated heterocycles. The number of rotatable bonds is 1. The van der Waals surface area contributed by atoms with E-state index in [0.29, 0.717) is 12.8 Å². The van der Waals surface area contributed by atoms with Crippen LogP contribution >= 0.6 is 0 Å². The van der Waals surface area contributed by atoms with Gasteiger partial charge in [-0.15, -0.1) is 0 Å². The van der Waals surface area contributed by atoms with E-state index in [2.05, 4.69) is 4.74 Å². The average Bonchev–Trinajstić information content (AvgIpc) is 2.42. The van der Waals surface area contributed by atoms with E-state index in [4.69, 9.17) is 4.74 Å². The molecule has 3 atom stereocenters. The third-order valence-electron chi connectivity index (χ3n) is 2.89. The standard InChI is InChI=1S/C9H12O4/c1-12-8(10)6-3-2-5-4-7(6)9(11)13-5/h5-7H,2-4H2,1H3/t5-,6-,7-/m0/s1. The predicted octanol–water partition coefficient (Wildman–Crippen LogP) is 0.501. The normalized spacial score (nSPS) is 37.0. The summed E-state index contributed by atoms with van der Waals surface area (Å²) in [6.45, 7) is 0. The smallest absolute Gasteiger partial charge is 0.310 e. The van der Waals surface area contributed by atoms with Crippen LogP contribution in [-0.4, -0.2) is 25.2 Å². The largest absolute Gasteiger partial charge is 0.469 e. The van der Waals surface area contributed by atoms with Crippen LogP contribution in [0.4, 0.5) is 0 Å². The van der Waals surface area contributed by atoms with Crippen LogP contribution in [0, 0.1) is 11.8 Å². The molecule has 0 unspecified atom stereocenters. The Morgan fingerprint density at radius 2 is 2.31 bits per heavy atom. The number of hydrogen-bond donors (Lipinski definition) is 0. The van der Waals surface area contributed by atoms with Gasteiger partial charge in [-0.25, -0.2) is 0 Å². The number of hydrogen-bond acceptors (Lipinski definition) is 4. The molecule has 1 heterocycles. The summed E-state index contributed by atoms with van der Waals surface area (Å²) in [6, 6.07) is 0. The molecule has 1 aliphatic heterocycles. The molecule has 1 saturated carbocycles. The Kier molecular flexibility index (Phi) is 1.98. The van der Waals surface area contributed by atoms with Gasteiger partial charge in [-0.05, 0) is 19.3 Å². The molecule has 0 amide bonds. The van der Waals surface area contributed by atoms with Crippen LogP contribution in [0.15, 0.2) is 0 Å². The molecule has 1 aliphatic carbocycles. The first-order valence-corrected chi connectivity index (χ1v) is 4.50. The molecular weight excluding hydrogens is 172 g/mol. The maximum atomic E-state index is 11.3. The SMILES string of the molecule is COC(=O)[C@H]1CC[C@H]2C[C@@H]1C(=O)O2. The second kappa shape index (κ2) is 3.01. The summed E-state index contributed by atoms with van der Waals surface area (Å²) in [6.07, 6.45) is 2.26. The quantitative estimate of drug-likeness (QED) is 0.557. The molecular formula is C9H12O4. The number of methoxy groups -OCH3 is 1. The summed E-state index contributed by atoms with van der Waals surface area (Å²) >= 11 is 0. The molecule has 2 aliphatic rings. The van der Waals surface area contributed by atoms with Gasteiger partial charge in [0.15, 0.2) is 0 Å². The first-order chi connectivity index (χ1) is 6.22. The van der Waals surface area contributed by atoms with Gasteiger partial charge in [0.25, 0.3) is 0 Å². The number of carbonyl (C=O) groups excluding carboxylic acids is 2. The summed E-state index contributed by atoms with van der Waals surface area (Å²) in [7, 11) is 1.36. The molecule has 13 heavy (non-hydrogen) atoms. The van der Waals surface area contributed by atoms with E-state index in [1.54, 1.807) is 0 Å². The minimum Gasteiger partial charge on any atom is -0.469 e. The number of carbonyl (C=O) groups is 2. The lowest BCUT2D eigenvalue weighted by Crippen LogP contribution is -2.30. The van der Waals surface area contributed by atoms with Crippen molar-refractivity contribution in [1.82, 2.24) is 0 Å². The van der Waals surface area contributed by atoms with Gasteiger partial charge < -0.3 is 9.47 Å². The number of fused-ring (bicyclic) bond motifs is 2. The highest BCUT2D eigenvalue weighted by Gasteiger charge is 2.47. The Balaban J connectivity index is 2.13. The second-order valence-corrected chi connectivity index (χ2v) is 3.61. The first kappa shape index (κ1) is 8.53. The zero-order chi connectivity index (χ0) is 9.42. The van der Waals surface area contributed by atoms with Crippen molar-refractivity contribution in [2.24, 2.45) is 11.8 Å². The Morgan fingerprint density at radius 1 is 1.54 bits per heavy atom. The molecule has 0 spiro atoms. The Bertz CT molecular complexity index is 248. The zero-order valence-electron chi connectivity index (χ0n) is 7.49. The fourth-order valence-corrected chi connectivity index (χ4v) is 2.18. The van der Waals surface area contributed by atoms with Crippen molar-refractivity contribution >= 4 is 11.9 Å². The van der Waals surface area contributed by atoms with Crippen molar-refractivity contribution < 1.29 is 19.1 Å². The molecule has 0 aromatic rings. The van der Waals surface area contributed by atoms with E-state index < -0.39 is 0 Å². The maximum Gasteiger partial charge on any atom is 0.310 e. The summed E-state index contributed by atoms with van der Waals surface area (Å²) < 4.78 is 9.71. The lowest BCUT2D eigenvalue weighted by Gasteiger charge is -2.21. The fraction of sp³-hybridized carbons (Fsp3) is 0.778. The van der Waals surface area contributed by atoms with Gasteiger partial charge >= 0.3 is 11.9 Å². The van der Waals surface area contributed by atoms with Crippen molar-refractivity contribution in [2.45, 2.75) is 25.4 Å². The van der Waals surface area contributed by atoms with E-state index >= 15 is 0 Å². The van der Waals surface area contributed by atoms with Gasteiger partial charge in [0, 0.05) is 0 Å². The molecule has 0 N–H and O–H groups in total. The molecule has 4 heteroatoms. The van der Waals surface area contributed by atoms with Crippen molar-refractivity contribution in [3.05, 3.63) is 0 Å². The summed E-state index contributed by atoms with van der Waals surface area (Å²) in [4.78, 5) is 22.5. The van der Waals surface area contributed by atoms with Gasteiger partial charge in [-0.1, -0.05) is 0 Å². The van der Waals surface area contributed by atoms with Crippen LogP contribution < -0.4 is 0 Å². The van der Waals surface area contributed by atoms with E-state index in [1.165, 1.54) is 7.11 Å². The molecule has 0 aromatic heterocycles. The molecule has 0 radical (unpaired) electrons. The summed E-state index contributed by atoms with van der Waals surface area (Å²) in [5.41, 5.74) is 0. The maximum absolute atomic E-state index is 11.3. The van der Waals surface area contributed by atoms with Gasteiger partial charge in [-0.2, -0.15) is 0 Å². The number of esters is 2. The summed E-state index contributed by atoms with van der Waals surface area (Å²) in [5.74, 6) is -1.01. The average molecular weight is 184 g/mol. The van der Waals surface area contributed by atoms with Gasteiger partial charge in [0.05, 0.1) is 18.9 Å². The van der Waals surface area contributed by atoms with Crippen molar-refractivity contribution in [2.75, 3.05) is 7.11 Å². The van der Waals surface area contributed by atoms with E-state index in [9.17, 15) is 9.59 Å². The third-order valence-corrected chi connectivity index (χ3v) is 2.89. The Hall–Kier alpha value is -1.06. The minimum absolute atomic E-state index is 0.0541. The Labute approximate surface area is 76.2 Å². The monoisotopic (exact) mass is 184 g/mol. The highest BCUT2D eigenvalue weighted by molar-refractivity contribution is 5.83.